The molecule has 186 valence electrons. The Morgan fingerprint density at radius 2 is 1.45 bits per heavy atom. The van der Waals surface area contributed by atoms with Gasteiger partial charge >= 0.3 is 20.7 Å². The summed E-state index contributed by atoms with van der Waals surface area (Å²) in [6.07, 6.45) is 1.04. The van der Waals surface area contributed by atoms with Gasteiger partial charge in [0.1, 0.15) is 12.6 Å². The molecule has 0 aromatic heterocycles. The summed E-state index contributed by atoms with van der Waals surface area (Å²) >= 11 is 0. The lowest BCUT2D eigenvalue weighted by molar-refractivity contribution is -0.873. The molecule has 0 aliphatic rings. The summed E-state index contributed by atoms with van der Waals surface area (Å²) in [6.45, 7) is 1.47. The molecule has 0 aromatic rings. The Kier molecular flexibility index (Phi) is 16.8. The van der Waals surface area contributed by atoms with Gasteiger partial charge in [0.25, 0.3) is 0 Å². The molecule has 2 N–H and O–H groups in total. The third-order valence-electron chi connectivity index (χ3n) is 4.28. The van der Waals surface area contributed by atoms with E-state index in [4.69, 9.17) is 18.9 Å². The van der Waals surface area contributed by atoms with E-state index in [-0.39, 0.29) is 19.4 Å². The number of hydrogen-bond acceptors (Lipinski definition) is 5. The van der Waals surface area contributed by atoms with Crippen LogP contribution in [-0.4, -0.2) is 80.2 Å². The van der Waals surface area contributed by atoms with Crippen LogP contribution in [0.15, 0.2) is 0 Å². The summed E-state index contributed by atoms with van der Waals surface area (Å²) < 4.78 is 52.3. The van der Waals surface area contributed by atoms with E-state index in [2.05, 4.69) is 0 Å². The Labute approximate surface area is 185 Å². The van der Waals surface area contributed by atoms with E-state index in [1.807, 2.05) is 21.1 Å². The third-order valence-corrected chi connectivity index (χ3v) is 5.16. The highest BCUT2D eigenvalue weighted by molar-refractivity contribution is 7.40. The van der Waals surface area contributed by atoms with E-state index in [1.54, 1.807) is 0 Å². The molecule has 0 bridgehead atoms. The van der Waals surface area contributed by atoms with Gasteiger partial charge in [0.15, 0.2) is 0 Å². The number of ether oxygens (including phenoxy) is 1. The molecule has 1 unspecified atom stereocenters. The zero-order chi connectivity index (χ0) is 23.8. The smallest absolute Gasteiger partial charge is 0.389 e. The number of carboxylic acid groups (broad SMARTS) is 1. The van der Waals surface area contributed by atoms with Crippen LogP contribution in [0.3, 0.4) is 0 Å². The molecule has 11 heteroatoms. The van der Waals surface area contributed by atoms with Gasteiger partial charge in [-0.1, -0.05) is 32.1 Å². The van der Waals surface area contributed by atoms with Crippen LogP contribution in [-0.2, 0) is 18.6 Å². The van der Waals surface area contributed by atoms with Gasteiger partial charge < -0.3 is 28.3 Å². The molecule has 0 fully saturated rings. The number of likely N-dealkylation sites (N-methyl/N-ethyl adjacent to an activating group) is 1. The average Bonchev–Trinajstić information content (AvgIpc) is 2.59. The molecule has 0 rings (SSSR count). The number of rotatable bonds is 20. The van der Waals surface area contributed by atoms with Gasteiger partial charge in [-0.05, 0) is 19.3 Å². The number of halogens is 3. The Balaban J connectivity index is 3.57. The van der Waals surface area contributed by atoms with Crippen molar-refractivity contribution in [2.24, 2.45) is 0 Å². The number of quaternary nitrogens is 1. The van der Waals surface area contributed by atoms with E-state index in [1.165, 1.54) is 0 Å². The normalized spacial score (nSPS) is 14.5. The molecule has 0 saturated carbocycles. The Morgan fingerprint density at radius 3 is 1.97 bits per heavy atom. The summed E-state index contributed by atoms with van der Waals surface area (Å²) in [7, 11) is 3.66. The molecule has 0 radical (unpaired) electrons. The van der Waals surface area contributed by atoms with Crippen LogP contribution >= 0.6 is 8.60 Å². The molecular weight excluding hydrogens is 438 g/mol. The molecule has 0 amide bonds. The van der Waals surface area contributed by atoms with Gasteiger partial charge in [0, 0.05) is 19.6 Å². The highest BCUT2D eigenvalue weighted by Crippen LogP contribution is 2.36. The second-order valence-corrected chi connectivity index (χ2v) is 9.62. The molecule has 0 aromatic carbocycles. The first-order chi connectivity index (χ1) is 14.4. The SMILES string of the molecule is C[N+](C)(C)C[C@@H](CC(=O)O)OP(O)OCCCCCCCCCOCCCC(F)(F)F. The number of hydrogen-bond donors (Lipinski definition) is 2. The van der Waals surface area contributed by atoms with Gasteiger partial charge in [-0.3, -0.25) is 4.79 Å². The number of carboxylic acids is 1. The number of alkyl halides is 3. The van der Waals surface area contributed by atoms with Crippen molar-refractivity contribution in [1.29, 1.82) is 0 Å². The largest absolute Gasteiger partial charge is 0.481 e. The molecular formula is C20H40F3NO6P+. The van der Waals surface area contributed by atoms with Gasteiger partial charge in [-0.2, -0.15) is 13.2 Å². The van der Waals surface area contributed by atoms with Crippen LogP contribution in [0.25, 0.3) is 0 Å². The quantitative estimate of drug-likeness (QED) is 0.147. The molecule has 31 heavy (non-hydrogen) atoms. The van der Waals surface area contributed by atoms with Crippen molar-refractivity contribution in [3.05, 3.63) is 0 Å². The lowest BCUT2D eigenvalue weighted by atomic mass is 10.1. The number of unbranched alkanes of at least 4 members (excludes halogenated alkanes) is 6. The van der Waals surface area contributed by atoms with E-state index in [9.17, 15) is 22.9 Å². The Hall–Kier alpha value is -0.510. The standard InChI is InChI=1S/C20H39F3NO6P/c1-24(2,3)17-18(16-19(25)26)30-31(27)29-15-10-8-6-4-5-7-9-13-28-14-11-12-20(21,22)23/h18,27H,4-17H2,1-3H3/p+1/t18-,31?/m1/s1. The summed E-state index contributed by atoms with van der Waals surface area (Å²) in [5.41, 5.74) is 0. The Morgan fingerprint density at radius 1 is 0.935 bits per heavy atom. The van der Waals surface area contributed by atoms with Crippen molar-refractivity contribution >= 4 is 14.6 Å². The van der Waals surface area contributed by atoms with Crippen LogP contribution in [0, 0.1) is 0 Å². The van der Waals surface area contributed by atoms with Gasteiger partial charge in [0.2, 0.25) is 0 Å². The molecule has 2 atom stereocenters. The van der Waals surface area contributed by atoms with Crippen LogP contribution in [0.4, 0.5) is 13.2 Å². The fourth-order valence-corrected chi connectivity index (χ4v) is 3.65. The highest BCUT2D eigenvalue weighted by Gasteiger charge is 2.26. The van der Waals surface area contributed by atoms with Gasteiger partial charge in [-0.25, -0.2) is 0 Å². The monoisotopic (exact) mass is 478 g/mol. The number of aliphatic carboxylic acids is 1. The van der Waals surface area contributed by atoms with Crippen LogP contribution in [0.5, 0.6) is 0 Å². The van der Waals surface area contributed by atoms with E-state index in [0.717, 1.165) is 44.9 Å². The molecule has 0 spiro atoms. The summed E-state index contributed by atoms with van der Waals surface area (Å²) in [5, 5.41) is 8.97. The summed E-state index contributed by atoms with van der Waals surface area (Å²) in [5.74, 6) is -0.977. The predicted octanol–water partition coefficient (Wildman–Crippen LogP) is 4.88. The lowest BCUT2D eigenvalue weighted by Gasteiger charge is -2.29. The van der Waals surface area contributed by atoms with Crippen molar-refractivity contribution < 1.29 is 46.2 Å². The zero-order valence-corrected chi connectivity index (χ0v) is 19.9. The molecule has 0 saturated heterocycles. The van der Waals surface area contributed by atoms with Crippen LogP contribution in [0.1, 0.15) is 64.2 Å². The maximum atomic E-state index is 12.0. The molecule has 0 heterocycles. The highest BCUT2D eigenvalue weighted by atomic mass is 31.2. The first-order valence-electron chi connectivity index (χ1n) is 10.8. The fourth-order valence-electron chi connectivity index (χ4n) is 2.91. The summed E-state index contributed by atoms with van der Waals surface area (Å²) in [6, 6.07) is 0. The van der Waals surface area contributed by atoms with Crippen molar-refractivity contribution in [1.82, 2.24) is 0 Å². The molecule has 0 aliphatic heterocycles. The first-order valence-corrected chi connectivity index (χ1v) is 12.0. The fraction of sp³-hybridized carbons (Fsp3) is 0.950. The summed E-state index contributed by atoms with van der Waals surface area (Å²) in [4.78, 5) is 20.8. The third kappa shape index (κ3) is 24.0. The minimum absolute atomic E-state index is 0.0165. The topological polar surface area (TPSA) is 85.2 Å². The number of nitrogens with zero attached hydrogens (tertiary/aromatic N) is 1. The Bertz CT molecular complexity index is 463. The lowest BCUT2D eigenvalue weighted by Crippen LogP contribution is -2.42. The van der Waals surface area contributed by atoms with E-state index in [0.29, 0.717) is 24.2 Å². The minimum Gasteiger partial charge on any atom is -0.481 e. The zero-order valence-electron chi connectivity index (χ0n) is 19.0. The van der Waals surface area contributed by atoms with E-state index < -0.39 is 33.3 Å². The van der Waals surface area contributed by atoms with Crippen molar-refractivity contribution in [2.75, 3.05) is 47.5 Å². The maximum Gasteiger partial charge on any atom is 0.389 e. The predicted molar refractivity (Wildman–Crippen MR) is 114 cm³/mol. The minimum atomic E-state index is -4.10. The van der Waals surface area contributed by atoms with Crippen molar-refractivity contribution in [2.45, 2.75) is 76.5 Å². The van der Waals surface area contributed by atoms with Crippen molar-refractivity contribution in [3.8, 4) is 0 Å². The number of carbonyl (C=O) groups is 1. The van der Waals surface area contributed by atoms with E-state index >= 15 is 0 Å². The second kappa shape index (κ2) is 17.0. The van der Waals surface area contributed by atoms with Crippen LogP contribution < -0.4 is 0 Å². The molecule has 7 nitrogen and oxygen atoms in total. The van der Waals surface area contributed by atoms with Gasteiger partial charge in [0.05, 0.1) is 34.2 Å². The second-order valence-electron chi connectivity index (χ2n) is 8.68. The first kappa shape index (κ1) is 30.5. The van der Waals surface area contributed by atoms with Gasteiger partial charge in [-0.15, -0.1) is 0 Å². The van der Waals surface area contributed by atoms with Crippen LogP contribution in [0.2, 0.25) is 0 Å². The van der Waals surface area contributed by atoms with Crippen molar-refractivity contribution in [3.63, 3.8) is 0 Å². The average molecular weight is 479 g/mol. The maximum absolute atomic E-state index is 12.0. The molecule has 0 aliphatic carbocycles.